The van der Waals surface area contributed by atoms with Crippen molar-refractivity contribution in [2.75, 3.05) is 5.32 Å². The van der Waals surface area contributed by atoms with Gasteiger partial charge in [-0.15, -0.1) is 0 Å². The number of benzene rings is 1. The second kappa shape index (κ2) is 5.30. The monoisotopic (exact) mass is 221 g/mol. The van der Waals surface area contributed by atoms with Crippen LogP contribution in [0.2, 0.25) is 0 Å². The summed E-state index contributed by atoms with van der Waals surface area (Å²) < 4.78 is 0. The number of carbonyl (C=O) groups is 2. The number of hydrogen-bond acceptors (Lipinski definition) is 2. The van der Waals surface area contributed by atoms with Gasteiger partial charge in [0.1, 0.15) is 0 Å². The van der Waals surface area contributed by atoms with Crippen molar-refractivity contribution in [3.8, 4) is 0 Å². The summed E-state index contributed by atoms with van der Waals surface area (Å²) in [5.41, 5.74) is 0.830. The predicted octanol–water partition coefficient (Wildman–Crippen LogP) is 2.37. The number of carbonyl (C=O) groups excluding carboxylic acids is 1. The number of anilines is 1. The molecular weight excluding hydrogens is 206 g/mol. The van der Waals surface area contributed by atoms with Gasteiger partial charge >= 0.3 is 5.97 Å². The van der Waals surface area contributed by atoms with Crippen molar-refractivity contribution in [3.63, 3.8) is 0 Å². The first-order valence-electron chi connectivity index (χ1n) is 5.18. The van der Waals surface area contributed by atoms with Crippen molar-refractivity contribution in [1.82, 2.24) is 0 Å². The summed E-state index contributed by atoms with van der Waals surface area (Å²) >= 11 is 0. The molecule has 1 rings (SSSR count). The smallest absolute Gasteiger partial charge is 0.335 e. The quantitative estimate of drug-likeness (QED) is 0.820. The number of carboxylic acids is 1. The predicted molar refractivity (Wildman–Crippen MR) is 61.5 cm³/mol. The van der Waals surface area contributed by atoms with Gasteiger partial charge in [-0.05, 0) is 30.7 Å². The molecule has 1 amide bonds. The number of carboxylic acid groups (broad SMARTS) is 1. The molecule has 4 nitrogen and oxygen atoms in total. The molecule has 0 aliphatic rings. The third kappa shape index (κ3) is 3.08. The second-order valence-corrected chi connectivity index (χ2v) is 3.68. The first-order valence-corrected chi connectivity index (χ1v) is 5.18. The maximum absolute atomic E-state index is 11.5. The van der Waals surface area contributed by atoms with E-state index in [0.29, 0.717) is 5.69 Å². The molecule has 16 heavy (non-hydrogen) atoms. The Morgan fingerprint density at radius 2 is 1.88 bits per heavy atom. The Morgan fingerprint density at radius 3 is 2.31 bits per heavy atom. The van der Waals surface area contributed by atoms with E-state index >= 15 is 0 Å². The summed E-state index contributed by atoms with van der Waals surface area (Å²) in [6.07, 6.45) is 0.777. The van der Waals surface area contributed by atoms with Crippen LogP contribution in [-0.4, -0.2) is 17.0 Å². The zero-order valence-corrected chi connectivity index (χ0v) is 9.36. The molecule has 1 unspecified atom stereocenters. The fourth-order valence-electron chi connectivity index (χ4n) is 1.15. The lowest BCUT2D eigenvalue weighted by Gasteiger charge is -2.09. The highest BCUT2D eigenvalue weighted by molar-refractivity contribution is 5.93. The van der Waals surface area contributed by atoms with Gasteiger partial charge in [0.05, 0.1) is 5.56 Å². The van der Waals surface area contributed by atoms with Gasteiger partial charge in [-0.2, -0.15) is 0 Å². The SMILES string of the molecule is CCC(C)C(=O)Nc1ccc(C(=O)O)cc1. The van der Waals surface area contributed by atoms with Gasteiger partial charge in [0.25, 0.3) is 0 Å². The average molecular weight is 221 g/mol. The van der Waals surface area contributed by atoms with E-state index in [-0.39, 0.29) is 17.4 Å². The van der Waals surface area contributed by atoms with Gasteiger partial charge < -0.3 is 10.4 Å². The number of nitrogens with one attached hydrogen (secondary N) is 1. The van der Waals surface area contributed by atoms with Crippen LogP contribution in [0.25, 0.3) is 0 Å². The van der Waals surface area contributed by atoms with E-state index in [0.717, 1.165) is 6.42 Å². The number of aromatic carboxylic acids is 1. The first kappa shape index (κ1) is 12.2. The molecule has 0 aliphatic heterocycles. The van der Waals surface area contributed by atoms with Gasteiger partial charge in [0.2, 0.25) is 5.91 Å². The molecule has 0 aromatic heterocycles. The lowest BCUT2D eigenvalue weighted by molar-refractivity contribution is -0.119. The van der Waals surface area contributed by atoms with E-state index < -0.39 is 5.97 Å². The Hall–Kier alpha value is -1.84. The summed E-state index contributed by atoms with van der Waals surface area (Å²) in [7, 11) is 0. The van der Waals surface area contributed by atoms with Crippen LogP contribution in [0, 0.1) is 5.92 Å². The van der Waals surface area contributed by atoms with Crippen LogP contribution >= 0.6 is 0 Å². The molecule has 0 aliphatic carbocycles. The maximum atomic E-state index is 11.5. The largest absolute Gasteiger partial charge is 0.478 e. The zero-order valence-electron chi connectivity index (χ0n) is 9.36. The highest BCUT2D eigenvalue weighted by atomic mass is 16.4. The summed E-state index contributed by atoms with van der Waals surface area (Å²) in [5, 5.41) is 11.4. The van der Waals surface area contributed by atoms with Crippen molar-refractivity contribution in [3.05, 3.63) is 29.8 Å². The zero-order chi connectivity index (χ0) is 12.1. The molecule has 2 N–H and O–H groups in total. The normalized spacial score (nSPS) is 11.9. The fraction of sp³-hybridized carbons (Fsp3) is 0.333. The third-order valence-electron chi connectivity index (χ3n) is 2.46. The van der Waals surface area contributed by atoms with E-state index in [4.69, 9.17) is 5.11 Å². The van der Waals surface area contributed by atoms with E-state index in [1.165, 1.54) is 12.1 Å². The maximum Gasteiger partial charge on any atom is 0.335 e. The third-order valence-corrected chi connectivity index (χ3v) is 2.46. The Bertz CT molecular complexity index is 384. The topological polar surface area (TPSA) is 66.4 Å². The second-order valence-electron chi connectivity index (χ2n) is 3.68. The molecule has 86 valence electrons. The molecular formula is C12H15NO3. The van der Waals surface area contributed by atoms with Gasteiger partial charge in [-0.3, -0.25) is 4.79 Å². The summed E-state index contributed by atoms with van der Waals surface area (Å²) in [6.45, 7) is 3.79. The molecule has 1 aromatic rings. The lowest BCUT2D eigenvalue weighted by atomic mass is 10.1. The Kier molecular flexibility index (Phi) is 4.05. The van der Waals surface area contributed by atoms with Crippen molar-refractivity contribution >= 4 is 17.6 Å². The minimum absolute atomic E-state index is 0.0425. The van der Waals surface area contributed by atoms with Crippen molar-refractivity contribution in [1.29, 1.82) is 0 Å². The van der Waals surface area contributed by atoms with Gasteiger partial charge in [0, 0.05) is 11.6 Å². The van der Waals surface area contributed by atoms with E-state index in [1.54, 1.807) is 12.1 Å². The summed E-state index contributed by atoms with van der Waals surface area (Å²) in [5.74, 6) is -1.07. The highest BCUT2D eigenvalue weighted by Crippen LogP contribution is 2.12. The first-order chi connectivity index (χ1) is 7.54. The van der Waals surface area contributed by atoms with Gasteiger partial charge in [-0.1, -0.05) is 13.8 Å². The molecule has 0 bridgehead atoms. The molecule has 0 saturated carbocycles. The van der Waals surface area contributed by atoms with Crippen LogP contribution in [0.3, 0.4) is 0 Å². The highest BCUT2D eigenvalue weighted by Gasteiger charge is 2.10. The van der Waals surface area contributed by atoms with E-state index in [9.17, 15) is 9.59 Å². The Balaban J connectivity index is 2.69. The van der Waals surface area contributed by atoms with Crippen LogP contribution in [0.15, 0.2) is 24.3 Å². The number of hydrogen-bond donors (Lipinski definition) is 2. The van der Waals surface area contributed by atoms with Crippen LogP contribution < -0.4 is 5.32 Å². The minimum atomic E-state index is -0.972. The number of rotatable bonds is 4. The standard InChI is InChI=1S/C12H15NO3/c1-3-8(2)11(14)13-10-6-4-9(5-7-10)12(15)16/h4-8H,3H2,1-2H3,(H,13,14)(H,15,16). The van der Waals surface area contributed by atoms with Crippen LogP contribution in [0.1, 0.15) is 30.6 Å². The van der Waals surface area contributed by atoms with E-state index in [2.05, 4.69) is 5.32 Å². The Labute approximate surface area is 94.3 Å². The summed E-state index contributed by atoms with van der Waals surface area (Å²) in [4.78, 5) is 22.1. The lowest BCUT2D eigenvalue weighted by Crippen LogP contribution is -2.19. The molecule has 1 aromatic carbocycles. The van der Waals surface area contributed by atoms with Crippen LogP contribution in [0.4, 0.5) is 5.69 Å². The summed E-state index contributed by atoms with van der Waals surface area (Å²) in [6, 6.07) is 6.11. The minimum Gasteiger partial charge on any atom is -0.478 e. The van der Waals surface area contributed by atoms with Gasteiger partial charge in [-0.25, -0.2) is 4.79 Å². The van der Waals surface area contributed by atoms with Gasteiger partial charge in [0.15, 0.2) is 0 Å². The van der Waals surface area contributed by atoms with E-state index in [1.807, 2.05) is 13.8 Å². The molecule has 4 heteroatoms. The average Bonchev–Trinajstić information content (AvgIpc) is 2.28. The molecule has 0 spiro atoms. The van der Waals surface area contributed by atoms with Crippen LogP contribution in [-0.2, 0) is 4.79 Å². The molecule has 0 saturated heterocycles. The molecule has 1 atom stereocenters. The van der Waals surface area contributed by atoms with Crippen molar-refractivity contribution < 1.29 is 14.7 Å². The Morgan fingerprint density at radius 1 is 1.31 bits per heavy atom. The van der Waals surface area contributed by atoms with Crippen molar-refractivity contribution in [2.24, 2.45) is 5.92 Å². The van der Waals surface area contributed by atoms with Crippen LogP contribution in [0.5, 0.6) is 0 Å². The number of amides is 1. The molecule has 0 heterocycles. The fourth-order valence-corrected chi connectivity index (χ4v) is 1.15. The molecule has 0 radical (unpaired) electrons. The van der Waals surface area contributed by atoms with Crippen molar-refractivity contribution in [2.45, 2.75) is 20.3 Å². The molecule has 0 fully saturated rings.